The molecule has 1 N–H and O–H groups in total. The minimum absolute atomic E-state index is 0.0330. The van der Waals surface area contributed by atoms with Gasteiger partial charge in [-0.25, -0.2) is 0 Å². The molecule has 1 aliphatic rings. The van der Waals surface area contributed by atoms with E-state index in [4.69, 9.17) is 4.74 Å². The monoisotopic (exact) mass is 341 g/mol. The van der Waals surface area contributed by atoms with Gasteiger partial charge in [-0.2, -0.15) is 0 Å². The van der Waals surface area contributed by atoms with Gasteiger partial charge in [-0.15, -0.1) is 0 Å². The smallest absolute Gasteiger partial charge is 0.165 e. The molecule has 134 valence electrons. The van der Waals surface area contributed by atoms with E-state index in [1.165, 1.54) is 0 Å². The van der Waals surface area contributed by atoms with Gasteiger partial charge in [0, 0.05) is 29.8 Å². The van der Waals surface area contributed by atoms with Gasteiger partial charge in [0.2, 0.25) is 0 Å². The molecule has 25 heavy (non-hydrogen) atoms. The first-order valence-electron chi connectivity index (χ1n) is 8.93. The molecule has 3 rings (SSSR count). The van der Waals surface area contributed by atoms with Crippen molar-refractivity contribution < 1.29 is 14.6 Å². The zero-order valence-corrected chi connectivity index (χ0v) is 15.5. The molecule has 0 saturated heterocycles. The van der Waals surface area contributed by atoms with Crippen LogP contribution in [-0.2, 0) is 6.42 Å². The molecule has 0 amide bonds. The number of aryl methyl sites for hydroxylation is 1. The van der Waals surface area contributed by atoms with Crippen molar-refractivity contribution in [1.29, 1.82) is 0 Å². The Hall–Kier alpha value is -2.07. The van der Waals surface area contributed by atoms with Gasteiger partial charge in [0.1, 0.15) is 5.75 Å². The number of ketones is 1. The van der Waals surface area contributed by atoms with E-state index in [2.05, 4.69) is 18.4 Å². The van der Waals surface area contributed by atoms with Crippen LogP contribution in [0, 0.1) is 12.3 Å². The molecule has 2 aromatic rings. The third-order valence-electron chi connectivity index (χ3n) is 4.77. The topological polar surface area (TPSA) is 51.5 Å². The lowest BCUT2D eigenvalue weighted by molar-refractivity contribution is 0.0910. The predicted octanol–water partition coefficient (Wildman–Crippen LogP) is 4.09. The highest BCUT2D eigenvalue weighted by Gasteiger charge is 2.34. The molecular weight excluding hydrogens is 314 g/mol. The van der Waals surface area contributed by atoms with Crippen molar-refractivity contribution in [3.05, 3.63) is 47.3 Å². The number of benzene rings is 1. The van der Waals surface area contributed by atoms with Crippen LogP contribution in [0.15, 0.2) is 30.3 Å². The summed E-state index contributed by atoms with van der Waals surface area (Å²) in [7, 11) is 0. The van der Waals surface area contributed by atoms with Crippen molar-refractivity contribution in [3.8, 4) is 11.4 Å². The summed E-state index contributed by atoms with van der Waals surface area (Å²) in [5, 5.41) is 9.45. The number of aliphatic hydroxyl groups is 1. The predicted molar refractivity (Wildman–Crippen MR) is 98.7 cm³/mol. The number of ether oxygens (including phenoxy) is 1. The average Bonchev–Trinajstić information content (AvgIpc) is 2.83. The molecule has 1 aliphatic carbocycles. The molecule has 1 aromatic heterocycles. The second-order valence-electron chi connectivity index (χ2n) is 7.88. The van der Waals surface area contributed by atoms with Gasteiger partial charge in [0.25, 0.3) is 0 Å². The van der Waals surface area contributed by atoms with Crippen LogP contribution in [0.4, 0.5) is 0 Å². The largest absolute Gasteiger partial charge is 0.491 e. The maximum absolute atomic E-state index is 12.6. The van der Waals surface area contributed by atoms with Gasteiger partial charge in [-0.1, -0.05) is 26.0 Å². The van der Waals surface area contributed by atoms with Crippen LogP contribution in [0.5, 0.6) is 5.75 Å². The van der Waals surface area contributed by atoms with E-state index in [9.17, 15) is 9.90 Å². The second kappa shape index (κ2) is 6.68. The molecule has 0 fully saturated rings. The van der Waals surface area contributed by atoms with Gasteiger partial charge in [-0.05, 0) is 43.9 Å². The molecular formula is C21H27NO3. The SMILES string of the molecule is Cc1cc2c(n1-c1ccccc1OCCC(C)O)CC(C)(C)CC2=O. The molecule has 1 unspecified atom stereocenters. The first-order valence-corrected chi connectivity index (χ1v) is 8.93. The van der Waals surface area contributed by atoms with Gasteiger partial charge < -0.3 is 14.4 Å². The Morgan fingerprint density at radius 2 is 2.00 bits per heavy atom. The number of rotatable bonds is 5. The zero-order chi connectivity index (χ0) is 18.2. The number of nitrogens with zero attached hydrogens (tertiary/aromatic N) is 1. The standard InChI is InChI=1S/C21H27NO3/c1-14-11-16-18(12-21(3,4)13-19(16)24)22(14)17-7-5-6-8-20(17)25-10-9-15(2)23/h5-8,11,15,23H,9-10,12-13H2,1-4H3. The van der Waals surface area contributed by atoms with E-state index >= 15 is 0 Å². The fourth-order valence-corrected chi connectivity index (χ4v) is 3.59. The average molecular weight is 341 g/mol. The number of Topliss-reactive ketones (excluding diaryl/α,β-unsaturated/α-hetero) is 1. The van der Waals surface area contributed by atoms with Gasteiger partial charge in [-0.3, -0.25) is 4.79 Å². The van der Waals surface area contributed by atoms with Crippen molar-refractivity contribution in [2.75, 3.05) is 6.61 Å². The highest BCUT2D eigenvalue weighted by molar-refractivity contribution is 5.99. The van der Waals surface area contributed by atoms with Crippen LogP contribution in [0.2, 0.25) is 0 Å². The fourth-order valence-electron chi connectivity index (χ4n) is 3.59. The van der Waals surface area contributed by atoms with E-state index in [-0.39, 0.29) is 17.3 Å². The second-order valence-corrected chi connectivity index (χ2v) is 7.88. The third-order valence-corrected chi connectivity index (χ3v) is 4.77. The summed E-state index contributed by atoms with van der Waals surface area (Å²) in [6.45, 7) is 8.54. The Morgan fingerprint density at radius 1 is 1.28 bits per heavy atom. The number of carbonyl (C=O) groups is 1. The summed E-state index contributed by atoms with van der Waals surface area (Å²) >= 11 is 0. The van der Waals surface area contributed by atoms with Crippen LogP contribution >= 0.6 is 0 Å². The summed E-state index contributed by atoms with van der Waals surface area (Å²) in [5.41, 5.74) is 3.88. The number of aliphatic hydroxyl groups excluding tert-OH is 1. The highest BCUT2D eigenvalue weighted by Crippen LogP contribution is 2.38. The number of aromatic nitrogens is 1. The summed E-state index contributed by atoms with van der Waals surface area (Å²) in [6.07, 6.45) is 1.66. The first-order chi connectivity index (χ1) is 11.8. The van der Waals surface area contributed by atoms with Crippen LogP contribution in [0.1, 0.15) is 55.4 Å². The lowest BCUT2D eigenvalue weighted by atomic mass is 9.76. The molecule has 0 radical (unpaired) electrons. The molecule has 0 bridgehead atoms. The maximum atomic E-state index is 12.6. The van der Waals surface area contributed by atoms with Crippen molar-refractivity contribution >= 4 is 5.78 Å². The zero-order valence-electron chi connectivity index (χ0n) is 15.5. The Balaban J connectivity index is 2.02. The number of fused-ring (bicyclic) bond motifs is 1. The molecule has 4 heteroatoms. The fraction of sp³-hybridized carbons (Fsp3) is 0.476. The van der Waals surface area contributed by atoms with Crippen LogP contribution in [0.3, 0.4) is 0 Å². The Morgan fingerprint density at radius 3 is 2.72 bits per heavy atom. The van der Waals surface area contributed by atoms with E-state index in [0.29, 0.717) is 19.4 Å². The van der Waals surface area contributed by atoms with E-state index in [1.54, 1.807) is 6.92 Å². The molecule has 1 atom stereocenters. The minimum atomic E-state index is -0.383. The third kappa shape index (κ3) is 3.64. The summed E-state index contributed by atoms with van der Waals surface area (Å²) in [4.78, 5) is 12.6. The van der Waals surface area contributed by atoms with E-state index in [1.807, 2.05) is 37.3 Å². The Bertz CT molecular complexity index is 786. The first kappa shape index (κ1) is 17.7. The molecule has 1 heterocycles. The summed E-state index contributed by atoms with van der Waals surface area (Å²) in [5.74, 6) is 1.00. The number of para-hydroxylation sites is 2. The maximum Gasteiger partial charge on any atom is 0.165 e. The quantitative estimate of drug-likeness (QED) is 0.891. The number of hydrogen-bond donors (Lipinski definition) is 1. The van der Waals surface area contributed by atoms with Crippen molar-refractivity contribution in [2.45, 2.75) is 53.1 Å². The Labute approximate surface area is 149 Å². The van der Waals surface area contributed by atoms with E-state index < -0.39 is 0 Å². The van der Waals surface area contributed by atoms with Crippen molar-refractivity contribution in [1.82, 2.24) is 4.57 Å². The molecule has 1 aromatic carbocycles. The number of hydrogen-bond acceptors (Lipinski definition) is 3. The van der Waals surface area contributed by atoms with Crippen LogP contribution in [-0.4, -0.2) is 28.2 Å². The highest BCUT2D eigenvalue weighted by atomic mass is 16.5. The van der Waals surface area contributed by atoms with Gasteiger partial charge >= 0.3 is 0 Å². The van der Waals surface area contributed by atoms with Crippen molar-refractivity contribution in [2.24, 2.45) is 5.41 Å². The minimum Gasteiger partial charge on any atom is -0.491 e. The van der Waals surface area contributed by atoms with Crippen LogP contribution < -0.4 is 4.74 Å². The molecule has 4 nitrogen and oxygen atoms in total. The lowest BCUT2D eigenvalue weighted by Gasteiger charge is -2.30. The summed E-state index contributed by atoms with van der Waals surface area (Å²) < 4.78 is 8.09. The molecule has 0 aliphatic heterocycles. The van der Waals surface area contributed by atoms with E-state index in [0.717, 1.165) is 34.8 Å². The van der Waals surface area contributed by atoms with Gasteiger partial charge in [0.05, 0.1) is 18.4 Å². The van der Waals surface area contributed by atoms with Gasteiger partial charge in [0.15, 0.2) is 5.78 Å². The molecule has 0 spiro atoms. The summed E-state index contributed by atoms with van der Waals surface area (Å²) in [6, 6.07) is 9.90. The number of carbonyl (C=O) groups excluding carboxylic acids is 1. The normalized spacial score (nSPS) is 17.2. The van der Waals surface area contributed by atoms with Crippen LogP contribution in [0.25, 0.3) is 5.69 Å². The Kier molecular flexibility index (Phi) is 4.74. The lowest BCUT2D eigenvalue weighted by Crippen LogP contribution is -2.27. The molecule has 0 saturated carbocycles. The van der Waals surface area contributed by atoms with Crippen molar-refractivity contribution in [3.63, 3.8) is 0 Å².